The molecule has 0 saturated heterocycles. The highest BCUT2D eigenvalue weighted by Crippen LogP contribution is 2.26. The number of hydrogen-bond donors (Lipinski definition) is 1. The average molecular weight is 271 g/mol. The summed E-state index contributed by atoms with van der Waals surface area (Å²) in [5.41, 5.74) is 0.567. The van der Waals surface area contributed by atoms with Crippen LogP contribution in [-0.2, 0) is 6.18 Å². The number of aromatic carboxylic acids is 1. The number of halogens is 3. The summed E-state index contributed by atoms with van der Waals surface area (Å²) in [5, 5.41) is 12.3. The zero-order chi connectivity index (χ0) is 14.2. The number of carbonyl (C=O) groups is 1. The zero-order valence-electron chi connectivity index (χ0n) is 9.64. The van der Waals surface area contributed by atoms with Crippen LogP contribution >= 0.6 is 0 Å². The van der Waals surface area contributed by atoms with Crippen molar-refractivity contribution in [2.75, 3.05) is 0 Å². The first-order valence-corrected chi connectivity index (χ1v) is 5.12. The van der Waals surface area contributed by atoms with Crippen LogP contribution in [0.3, 0.4) is 0 Å². The van der Waals surface area contributed by atoms with Gasteiger partial charge in [0, 0.05) is 0 Å². The lowest BCUT2D eigenvalue weighted by Gasteiger charge is -2.06. The van der Waals surface area contributed by atoms with Crippen LogP contribution in [-0.4, -0.2) is 25.8 Å². The molecule has 100 valence electrons. The van der Waals surface area contributed by atoms with Crippen molar-refractivity contribution in [1.29, 1.82) is 0 Å². The molecule has 19 heavy (non-hydrogen) atoms. The Morgan fingerprint density at radius 3 is 2.58 bits per heavy atom. The Labute approximate surface area is 105 Å². The van der Waals surface area contributed by atoms with E-state index in [-0.39, 0.29) is 11.3 Å². The molecule has 0 saturated carbocycles. The van der Waals surface area contributed by atoms with E-state index >= 15 is 0 Å². The number of benzene rings is 1. The van der Waals surface area contributed by atoms with Crippen molar-refractivity contribution in [1.82, 2.24) is 14.8 Å². The predicted molar refractivity (Wildman–Crippen MR) is 58.1 cm³/mol. The Kier molecular flexibility index (Phi) is 3.01. The third kappa shape index (κ3) is 2.56. The maximum absolute atomic E-state index is 12.4. The van der Waals surface area contributed by atoms with Gasteiger partial charge < -0.3 is 5.11 Å². The van der Waals surface area contributed by atoms with E-state index in [0.29, 0.717) is 5.56 Å². The summed E-state index contributed by atoms with van der Waals surface area (Å²) in [6.07, 6.45) is -3.83. The summed E-state index contributed by atoms with van der Waals surface area (Å²) in [6.45, 7) is 1.68. The summed E-state index contributed by atoms with van der Waals surface area (Å²) in [6, 6.07) is 4.32. The van der Waals surface area contributed by atoms with Crippen molar-refractivity contribution in [3.8, 4) is 5.69 Å². The van der Waals surface area contributed by atoms with Crippen LogP contribution in [0.2, 0.25) is 0 Å². The molecule has 1 heterocycles. The third-order valence-electron chi connectivity index (χ3n) is 2.37. The van der Waals surface area contributed by atoms with Gasteiger partial charge in [-0.1, -0.05) is 11.6 Å². The average Bonchev–Trinajstić information content (AvgIpc) is 2.77. The molecule has 0 radical (unpaired) electrons. The number of nitrogens with zero attached hydrogens (tertiary/aromatic N) is 3. The van der Waals surface area contributed by atoms with Crippen LogP contribution in [0.5, 0.6) is 0 Å². The summed E-state index contributed by atoms with van der Waals surface area (Å²) >= 11 is 0. The molecular formula is C11H8F3N3O2. The lowest BCUT2D eigenvalue weighted by Crippen LogP contribution is -2.10. The molecular weight excluding hydrogens is 263 g/mol. The van der Waals surface area contributed by atoms with E-state index in [1.54, 1.807) is 13.0 Å². The number of carboxylic acid groups (broad SMARTS) is 1. The fraction of sp³-hybridized carbons (Fsp3) is 0.182. The van der Waals surface area contributed by atoms with Gasteiger partial charge in [-0.25, -0.2) is 14.5 Å². The van der Waals surface area contributed by atoms with Crippen molar-refractivity contribution < 1.29 is 23.1 Å². The van der Waals surface area contributed by atoms with Gasteiger partial charge in [0.05, 0.1) is 11.3 Å². The van der Waals surface area contributed by atoms with E-state index < -0.39 is 18.0 Å². The Bertz CT molecular complexity index is 634. The minimum Gasteiger partial charge on any atom is -0.478 e. The molecule has 5 nitrogen and oxygen atoms in total. The van der Waals surface area contributed by atoms with Crippen molar-refractivity contribution in [2.24, 2.45) is 0 Å². The van der Waals surface area contributed by atoms with Crippen molar-refractivity contribution in [3.63, 3.8) is 0 Å². The third-order valence-corrected chi connectivity index (χ3v) is 2.37. The van der Waals surface area contributed by atoms with Gasteiger partial charge in [0.2, 0.25) is 0 Å². The van der Waals surface area contributed by atoms with Crippen LogP contribution in [0.25, 0.3) is 5.69 Å². The number of aromatic nitrogens is 3. The highest BCUT2D eigenvalue weighted by Gasteiger charge is 2.36. The molecule has 0 aliphatic rings. The predicted octanol–water partition coefficient (Wildman–Crippen LogP) is 2.29. The molecule has 0 spiro atoms. The smallest absolute Gasteiger partial charge is 0.453 e. The largest absolute Gasteiger partial charge is 0.478 e. The molecule has 2 rings (SSSR count). The van der Waals surface area contributed by atoms with Gasteiger partial charge >= 0.3 is 12.1 Å². The van der Waals surface area contributed by atoms with Crippen LogP contribution in [0.1, 0.15) is 21.7 Å². The van der Waals surface area contributed by atoms with Gasteiger partial charge in [-0.05, 0) is 19.1 Å². The normalized spacial score (nSPS) is 11.6. The molecule has 0 unspecified atom stereocenters. The van der Waals surface area contributed by atoms with E-state index in [4.69, 9.17) is 5.11 Å². The van der Waals surface area contributed by atoms with Crippen molar-refractivity contribution in [3.05, 3.63) is 41.5 Å². The lowest BCUT2D eigenvalue weighted by atomic mass is 10.1. The van der Waals surface area contributed by atoms with E-state index in [9.17, 15) is 18.0 Å². The molecule has 1 aromatic heterocycles. The van der Waals surface area contributed by atoms with Crippen LogP contribution in [0.4, 0.5) is 13.2 Å². The first-order valence-electron chi connectivity index (χ1n) is 5.12. The molecule has 1 N–H and O–H groups in total. The van der Waals surface area contributed by atoms with Crippen molar-refractivity contribution in [2.45, 2.75) is 13.1 Å². The molecule has 1 aromatic carbocycles. The number of carboxylic acids is 1. The second-order valence-electron chi connectivity index (χ2n) is 3.84. The van der Waals surface area contributed by atoms with Gasteiger partial charge in [-0.15, -0.1) is 5.10 Å². The van der Waals surface area contributed by atoms with Crippen LogP contribution < -0.4 is 0 Å². The minimum atomic E-state index is -4.67. The fourth-order valence-corrected chi connectivity index (χ4v) is 1.53. The van der Waals surface area contributed by atoms with E-state index in [0.717, 1.165) is 11.0 Å². The Hall–Kier alpha value is -2.38. The molecule has 0 fully saturated rings. The first kappa shape index (κ1) is 13.1. The van der Waals surface area contributed by atoms with Gasteiger partial charge in [-0.3, -0.25) is 0 Å². The van der Waals surface area contributed by atoms with Crippen LogP contribution in [0.15, 0.2) is 24.5 Å². The quantitative estimate of drug-likeness (QED) is 0.909. The zero-order valence-corrected chi connectivity index (χ0v) is 9.64. The second-order valence-corrected chi connectivity index (χ2v) is 3.84. The van der Waals surface area contributed by atoms with E-state index in [2.05, 4.69) is 10.1 Å². The summed E-state index contributed by atoms with van der Waals surface area (Å²) in [5.74, 6) is -2.56. The van der Waals surface area contributed by atoms with Gasteiger partial charge in [-0.2, -0.15) is 13.2 Å². The maximum Gasteiger partial charge on any atom is 0.453 e. The molecule has 0 amide bonds. The maximum atomic E-state index is 12.4. The standard InChI is InChI=1S/C11H8F3N3O2/c1-6-2-3-8(7(4-6)9(18)19)17-5-15-10(16-17)11(12,13)14/h2-5H,1H3,(H,18,19). The van der Waals surface area contributed by atoms with E-state index in [1.165, 1.54) is 12.1 Å². The Morgan fingerprint density at radius 1 is 1.37 bits per heavy atom. The van der Waals surface area contributed by atoms with Gasteiger partial charge in [0.25, 0.3) is 5.82 Å². The SMILES string of the molecule is Cc1ccc(-n2cnc(C(F)(F)F)n2)c(C(=O)O)c1. The fourth-order valence-electron chi connectivity index (χ4n) is 1.53. The number of hydrogen-bond acceptors (Lipinski definition) is 3. The van der Waals surface area contributed by atoms with E-state index in [1.807, 2.05) is 0 Å². The monoisotopic (exact) mass is 271 g/mol. The Morgan fingerprint density at radius 2 is 2.05 bits per heavy atom. The summed E-state index contributed by atoms with van der Waals surface area (Å²) in [4.78, 5) is 14.2. The highest BCUT2D eigenvalue weighted by atomic mass is 19.4. The lowest BCUT2D eigenvalue weighted by molar-refractivity contribution is -0.144. The molecule has 0 bridgehead atoms. The molecule has 0 aliphatic carbocycles. The molecule has 0 aliphatic heterocycles. The number of aryl methyl sites for hydroxylation is 1. The molecule has 8 heteroatoms. The molecule has 2 aromatic rings. The first-order chi connectivity index (χ1) is 8.79. The minimum absolute atomic E-state index is 0.0288. The topological polar surface area (TPSA) is 68.0 Å². The van der Waals surface area contributed by atoms with Crippen LogP contribution in [0, 0.1) is 6.92 Å². The summed E-state index contributed by atoms with van der Waals surface area (Å²) < 4.78 is 38.0. The molecule has 0 atom stereocenters. The van der Waals surface area contributed by atoms with Crippen molar-refractivity contribution >= 4 is 5.97 Å². The highest BCUT2D eigenvalue weighted by molar-refractivity contribution is 5.92. The van der Waals surface area contributed by atoms with Gasteiger partial charge in [0.1, 0.15) is 6.33 Å². The second kappa shape index (κ2) is 4.38. The summed E-state index contributed by atoms with van der Waals surface area (Å²) in [7, 11) is 0. The Balaban J connectivity index is 2.53. The number of rotatable bonds is 2. The number of alkyl halides is 3. The van der Waals surface area contributed by atoms with Gasteiger partial charge in [0.15, 0.2) is 0 Å².